The summed E-state index contributed by atoms with van der Waals surface area (Å²) >= 11 is 0. The molecule has 0 aromatic heterocycles. The number of anilines is 6. The maximum atomic E-state index is 2.61. The fraction of sp³-hybridized carbons (Fsp3) is 0.212. The second-order valence-corrected chi connectivity index (χ2v) is 20.8. The van der Waals surface area contributed by atoms with E-state index in [0.29, 0.717) is 0 Å². The lowest BCUT2D eigenvalue weighted by atomic mass is 9.81. The molecule has 0 radical (unpaired) electrons. The summed E-state index contributed by atoms with van der Waals surface area (Å²) in [5.41, 5.74) is 22.1. The lowest BCUT2D eigenvalue weighted by Crippen LogP contribution is -2.18. The van der Waals surface area contributed by atoms with Crippen molar-refractivity contribution in [2.24, 2.45) is 11.8 Å². The van der Waals surface area contributed by atoms with E-state index in [1.54, 1.807) is 0 Å². The van der Waals surface area contributed by atoms with E-state index in [1.165, 1.54) is 132 Å². The average Bonchev–Trinajstić information content (AvgIpc) is 4.08. The number of hydrogen-bond acceptors (Lipinski definition) is 2. The highest BCUT2D eigenvalue weighted by Gasteiger charge is 2.40. The van der Waals surface area contributed by atoms with Crippen molar-refractivity contribution in [3.05, 3.63) is 239 Å². The van der Waals surface area contributed by atoms with Gasteiger partial charge in [-0.2, -0.15) is 0 Å². The van der Waals surface area contributed by atoms with Crippen LogP contribution in [0.4, 0.5) is 34.1 Å². The van der Waals surface area contributed by atoms with Gasteiger partial charge in [0, 0.05) is 39.4 Å². The highest BCUT2D eigenvalue weighted by Crippen LogP contribution is 2.55. The van der Waals surface area contributed by atoms with Gasteiger partial charge in [-0.15, -0.1) is 0 Å². The van der Waals surface area contributed by atoms with Gasteiger partial charge in [0.15, 0.2) is 0 Å². The first-order valence-corrected chi connectivity index (χ1v) is 25.2. The molecule has 332 valence electrons. The largest absolute Gasteiger partial charge is 0.310 e. The molecule has 0 N–H and O–H groups in total. The highest BCUT2D eigenvalue weighted by atomic mass is 15.2. The molecule has 6 bridgehead atoms. The van der Waals surface area contributed by atoms with Crippen LogP contribution in [0.3, 0.4) is 0 Å². The molecule has 2 fully saturated rings. The molecular formula is C66H58N2. The maximum absolute atomic E-state index is 2.61. The molecule has 7 aliphatic rings. The Bertz CT molecular complexity index is 3350. The predicted molar refractivity (Wildman–Crippen MR) is 286 cm³/mol. The smallest absolute Gasteiger partial charge is 0.0543 e. The number of aryl methyl sites for hydroxylation is 4. The van der Waals surface area contributed by atoms with Crippen LogP contribution in [-0.2, 0) is 31.1 Å². The Morgan fingerprint density at radius 3 is 1.75 bits per heavy atom. The Morgan fingerprint density at radius 1 is 0.412 bits per heavy atom. The molecule has 3 unspecified atom stereocenters. The van der Waals surface area contributed by atoms with Gasteiger partial charge in [-0.1, -0.05) is 160 Å². The Morgan fingerprint density at radius 2 is 1.04 bits per heavy atom. The van der Waals surface area contributed by atoms with E-state index in [1.807, 2.05) is 0 Å². The zero-order valence-electron chi connectivity index (χ0n) is 39.3. The quantitative estimate of drug-likeness (QED) is 0.150. The highest BCUT2D eigenvalue weighted by molar-refractivity contribution is 5.97. The van der Waals surface area contributed by atoms with Crippen LogP contribution in [0.2, 0.25) is 0 Å². The van der Waals surface area contributed by atoms with E-state index < -0.39 is 0 Å². The normalized spacial score (nSPS) is 18.5. The summed E-state index contributed by atoms with van der Waals surface area (Å²) in [5, 5.41) is 2.49. The third-order valence-corrected chi connectivity index (χ3v) is 16.5. The van der Waals surface area contributed by atoms with Crippen LogP contribution in [0.25, 0.3) is 33.0 Å². The second-order valence-electron chi connectivity index (χ2n) is 20.8. The van der Waals surface area contributed by atoms with Crippen molar-refractivity contribution in [2.45, 2.75) is 76.5 Å². The number of benzene rings is 9. The van der Waals surface area contributed by atoms with E-state index in [2.05, 4.69) is 224 Å². The van der Waals surface area contributed by atoms with E-state index in [0.717, 1.165) is 43.4 Å². The first-order chi connectivity index (χ1) is 33.4. The van der Waals surface area contributed by atoms with E-state index in [9.17, 15) is 0 Å². The van der Waals surface area contributed by atoms with Crippen LogP contribution in [0.1, 0.15) is 84.4 Å². The van der Waals surface area contributed by atoms with Gasteiger partial charge < -0.3 is 9.80 Å². The molecule has 0 aliphatic heterocycles. The number of nitrogens with zero attached hydrogens (tertiary/aromatic N) is 2. The first kappa shape index (κ1) is 41.1. The zero-order valence-corrected chi connectivity index (χ0v) is 39.3. The van der Waals surface area contributed by atoms with Crippen molar-refractivity contribution in [1.82, 2.24) is 0 Å². The molecule has 0 heterocycles. The van der Waals surface area contributed by atoms with Crippen molar-refractivity contribution < 1.29 is 0 Å². The minimum atomic E-state index is -0.151. The fourth-order valence-electron chi connectivity index (χ4n) is 12.9. The van der Waals surface area contributed by atoms with Crippen LogP contribution in [0.5, 0.6) is 0 Å². The molecule has 2 heteroatoms. The molecule has 9 aromatic carbocycles. The van der Waals surface area contributed by atoms with Gasteiger partial charge in [0.05, 0.1) is 5.69 Å². The molecule has 7 aliphatic carbocycles. The Balaban J connectivity index is 0.939. The average molecular weight is 879 g/mol. The molecule has 3 atom stereocenters. The SMILES string of the molecule is CC1(C)c2ccccc2-c2cc(-c3ccccc3)c(N(c3ccc4ccccc4c3)c3cc4ccc3CCc3ccc(c(N(c5ccccc5)c5ccc(C6CC7CCC6C7)cc5)c3)CC4)cc21. The molecule has 0 spiro atoms. The van der Waals surface area contributed by atoms with Gasteiger partial charge in [-0.3, -0.25) is 0 Å². The molecular weight excluding hydrogens is 821 g/mol. The van der Waals surface area contributed by atoms with Crippen molar-refractivity contribution in [2.75, 3.05) is 9.80 Å². The molecule has 9 aromatic rings. The Kier molecular flexibility index (Phi) is 10.0. The van der Waals surface area contributed by atoms with Crippen molar-refractivity contribution in [3.63, 3.8) is 0 Å². The molecule has 0 amide bonds. The summed E-state index contributed by atoms with van der Waals surface area (Å²) in [6.07, 6.45) is 9.33. The standard InChI is InChI=1S/C66H58N2/c1-66(2)61-20-12-11-19-57(61)60-42-59(48-14-5-3-6-15-48)65(43-62(60)66)68(56-36-31-47-13-9-10-16-52(47)41-56)64-40-45-22-27-50-26-21-44(23-28-51(64)29-24-45)39-63(50)67(54-17-7-4-8-18-54)55-34-32-49(33-35-55)58-38-46-25-30-53(58)37-46/h3-21,24,26,29,31-36,39-43,46,53,58H,22-23,25,27-28,30,37-38H2,1-2H3. The Hall–Kier alpha value is -7.16. The minimum Gasteiger partial charge on any atom is -0.310 e. The van der Waals surface area contributed by atoms with Gasteiger partial charge >= 0.3 is 0 Å². The second kappa shape index (κ2) is 16.6. The number of hydrogen-bond donors (Lipinski definition) is 0. The lowest BCUT2D eigenvalue weighted by molar-refractivity contribution is 0.420. The maximum Gasteiger partial charge on any atom is 0.0543 e. The third-order valence-electron chi connectivity index (χ3n) is 16.5. The number of rotatable bonds is 8. The van der Waals surface area contributed by atoms with Crippen LogP contribution >= 0.6 is 0 Å². The monoisotopic (exact) mass is 878 g/mol. The summed E-state index contributed by atoms with van der Waals surface area (Å²) in [4.78, 5) is 5.14. The van der Waals surface area contributed by atoms with Crippen LogP contribution < -0.4 is 9.80 Å². The third kappa shape index (κ3) is 7.07. The van der Waals surface area contributed by atoms with Gasteiger partial charge in [-0.25, -0.2) is 0 Å². The van der Waals surface area contributed by atoms with Crippen LogP contribution in [-0.4, -0.2) is 0 Å². The summed E-state index contributed by atoms with van der Waals surface area (Å²) in [5.74, 6) is 2.53. The van der Waals surface area contributed by atoms with Crippen LogP contribution in [0, 0.1) is 11.8 Å². The van der Waals surface area contributed by atoms with Gasteiger partial charge in [0.1, 0.15) is 0 Å². The summed E-state index contributed by atoms with van der Waals surface area (Å²) in [6.45, 7) is 4.81. The van der Waals surface area contributed by atoms with E-state index in [4.69, 9.17) is 0 Å². The Labute approximate surface area is 402 Å². The van der Waals surface area contributed by atoms with Gasteiger partial charge in [-0.05, 0) is 190 Å². The summed E-state index contributed by atoms with van der Waals surface area (Å²) < 4.78 is 0. The molecule has 68 heavy (non-hydrogen) atoms. The van der Waals surface area contributed by atoms with Crippen molar-refractivity contribution >= 4 is 44.9 Å². The molecule has 16 rings (SSSR count). The lowest BCUT2D eigenvalue weighted by Gasteiger charge is -2.33. The molecule has 2 saturated carbocycles. The van der Waals surface area contributed by atoms with Crippen LogP contribution in [0.15, 0.2) is 200 Å². The minimum absolute atomic E-state index is 0.151. The van der Waals surface area contributed by atoms with Crippen molar-refractivity contribution in [3.8, 4) is 22.3 Å². The van der Waals surface area contributed by atoms with E-state index in [-0.39, 0.29) is 5.41 Å². The first-order valence-electron chi connectivity index (χ1n) is 25.2. The summed E-state index contributed by atoms with van der Waals surface area (Å²) in [6, 6.07) is 76.5. The molecule has 0 saturated heterocycles. The number of fused-ring (bicyclic) bond motifs is 6. The van der Waals surface area contributed by atoms with Gasteiger partial charge in [0.25, 0.3) is 0 Å². The van der Waals surface area contributed by atoms with E-state index >= 15 is 0 Å². The topological polar surface area (TPSA) is 6.48 Å². The predicted octanol–water partition coefficient (Wildman–Crippen LogP) is 17.5. The number of para-hydroxylation sites is 1. The van der Waals surface area contributed by atoms with Gasteiger partial charge in [0.2, 0.25) is 0 Å². The fourth-order valence-corrected chi connectivity index (χ4v) is 12.9. The molecule has 2 nitrogen and oxygen atoms in total. The summed E-state index contributed by atoms with van der Waals surface area (Å²) in [7, 11) is 0. The van der Waals surface area contributed by atoms with Crippen molar-refractivity contribution in [1.29, 1.82) is 0 Å². The zero-order chi connectivity index (χ0) is 45.3.